The van der Waals surface area contributed by atoms with Crippen LogP contribution in [0, 0.1) is 0 Å². The van der Waals surface area contributed by atoms with Gasteiger partial charge in [-0.15, -0.1) is 0 Å². The molecule has 6 aromatic rings. The third kappa shape index (κ3) is 30.4. The number of phenolic OH excluding ortho intramolecular Hbond substituents is 1. The summed E-state index contributed by atoms with van der Waals surface area (Å²) in [6, 6.07) is 16.5. The normalized spacial score (nSPS) is 23.4. The van der Waals surface area contributed by atoms with Gasteiger partial charge in [0.05, 0.1) is 18.8 Å². The van der Waals surface area contributed by atoms with Crippen LogP contribution in [0.25, 0.3) is 10.9 Å². The van der Waals surface area contributed by atoms with Gasteiger partial charge < -0.3 is 111 Å². The Kier molecular flexibility index (Phi) is 37.6. The number of aromatic nitrogens is 1. The lowest BCUT2D eigenvalue weighted by atomic mass is 9.99. The number of fused-ring (bicyclic) bond motifs is 13. The number of carbonyl (C=O) groups is 14. The molecule has 2 aliphatic rings. The fourth-order valence-corrected chi connectivity index (χ4v) is 15.5. The van der Waals surface area contributed by atoms with E-state index in [9.17, 15) is 58.8 Å². The molecule has 2 saturated heterocycles. The maximum atomic E-state index is 15.7. The van der Waals surface area contributed by atoms with Gasteiger partial charge in [0.2, 0.25) is 76.8 Å². The van der Waals surface area contributed by atoms with Gasteiger partial charge in [-0.3, -0.25) is 62.3 Å². The summed E-state index contributed by atoms with van der Waals surface area (Å²) in [5.41, 5.74) is 16.3. The number of rotatable bonds is 22. The average Bonchev–Trinajstić information content (AvgIpc) is 1.61. The van der Waals surface area contributed by atoms with E-state index in [1.165, 1.54) is 31.2 Å². The second-order valence-electron chi connectivity index (χ2n) is 29.8. The maximum Gasteiger partial charge on any atom is 0.327 e. The minimum atomic E-state index is -1.92. The fraction of sp³-hybridized carbons (Fsp3) is 0.446. The van der Waals surface area contributed by atoms with Gasteiger partial charge in [-0.05, 0) is 110 Å². The summed E-state index contributed by atoms with van der Waals surface area (Å²) in [6.07, 6.45) is -2.85. The highest BCUT2D eigenvalue weighted by atomic mass is 33.1. The summed E-state index contributed by atoms with van der Waals surface area (Å²) in [7, 11) is 1.65. The number of phenols is 1. The summed E-state index contributed by atoms with van der Waals surface area (Å²) in [5.74, 6) is -15.3. The first-order valence-corrected chi connectivity index (χ1v) is 42.3. The number of aliphatic carboxylic acids is 1. The van der Waals surface area contributed by atoms with Crippen LogP contribution in [0.2, 0.25) is 0 Å². The summed E-state index contributed by atoms with van der Waals surface area (Å²) < 4.78 is 0. The molecular weight excluding hydrogens is 1590 g/mol. The molecule has 2 fully saturated rings. The molecule has 0 aliphatic carbocycles. The Labute approximate surface area is 702 Å². The Morgan fingerprint density at radius 2 is 1.00 bits per heavy atom. The van der Waals surface area contributed by atoms with Crippen LogP contribution < -0.4 is 85.9 Å². The van der Waals surface area contributed by atoms with E-state index in [1.54, 1.807) is 115 Å². The largest absolute Gasteiger partial charge is 0.508 e. The molecule has 13 amide bonds. The quantitative estimate of drug-likeness (QED) is 0.0278. The molecule has 2 aliphatic heterocycles. The second-order valence-corrected chi connectivity index (χ2v) is 32.4. The Morgan fingerprint density at radius 1 is 0.508 bits per heavy atom. The van der Waals surface area contributed by atoms with E-state index in [4.69, 9.17) is 11.5 Å². The number of aliphatic hydroxyl groups is 2. The van der Waals surface area contributed by atoms with Gasteiger partial charge in [-0.2, -0.15) is 0 Å². The lowest BCUT2D eigenvalue weighted by molar-refractivity contribution is -0.142. The SMILES string of the molecule is CC(C)NCc1ccc(C[C@@H]2NC(=O)[C@@H](Cc3c[nH]c4ccccc34)NC(=O)[C@@H]3CCC(=O)NCCC(=O)NCCC[C@H](NC(=O)[C@H](Cc4ccccc4)NC(=O)[C@@H]([C@@H](C)O)NC2=O)C(=O)N[C@@H](CO)C(=O)N[C@H](C(=O)O)CSSC[C@H](NC(=O)[C@@H](N)Cc2ccc(O)cc2)C(=O)N[C@@H](CCCCN)C(=O)N[C@@H](Cc2ccccc2)C(=O)N3)cc1. The molecule has 0 radical (unpaired) electrons. The van der Waals surface area contributed by atoms with E-state index in [2.05, 4.69) is 79.4 Å². The molecule has 1 aromatic heterocycles. The van der Waals surface area contributed by atoms with Crippen molar-refractivity contribution in [2.75, 3.05) is 37.7 Å². The van der Waals surface area contributed by atoms with E-state index >= 15 is 28.8 Å². The van der Waals surface area contributed by atoms with Gasteiger partial charge in [-0.25, -0.2) is 4.79 Å². The molecule has 13 atom stereocenters. The number of hydrogen-bond donors (Lipinski definition) is 21. The van der Waals surface area contributed by atoms with Crippen molar-refractivity contribution in [3.63, 3.8) is 0 Å². The number of nitrogens with two attached hydrogens (primary N) is 2. The van der Waals surface area contributed by atoms with Crippen LogP contribution in [0.5, 0.6) is 5.75 Å². The van der Waals surface area contributed by atoms with Gasteiger partial charge in [-0.1, -0.05) is 151 Å². The van der Waals surface area contributed by atoms with E-state index in [0.717, 1.165) is 27.2 Å². The van der Waals surface area contributed by atoms with Crippen molar-refractivity contribution in [3.8, 4) is 5.75 Å². The van der Waals surface area contributed by atoms with E-state index in [-0.39, 0.29) is 101 Å². The first-order valence-electron chi connectivity index (χ1n) is 39.9. The molecule has 5 aromatic carbocycles. The van der Waals surface area contributed by atoms with Crippen molar-refractivity contribution in [1.29, 1.82) is 0 Å². The smallest absolute Gasteiger partial charge is 0.327 e. The van der Waals surface area contributed by atoms with Crippen molar-refractivity contribution < 1.29 is 87.5 Å². The molecule has 23 N–H and O–H groups in total. The number of hydrogen-bond acceptors (Lipinski definition) is 22. The number of H-pyrrole nitrogens is 1. The average molecular weight is 1700 g/mol. The molecule has 3 heterocycles. The summed E-state index contributed by atoms with van der Waals surface area (Å²) in [5, 5.41) is 80.9. The zero-order valence-electron chi connectivity index (χ0n) is 67.0. The Hall–Kier alpha value is -11.5. The summed E-state index contributed by atoms with van der Waals surface area (Å²) in [6.45, 7) is 4.11. The van der Waals surface area contributed by atoms with Gasteiger partial charge in [0, 0.05) is 92.8 Å². The predicted octanol–water partition coefficient (Wildman–Crippen LogP) is -1.28. The molecule has 0 unspecified atom stereocenters. The summed E-state index contributed by atoms with van der Waals surface area (Å²) in [4.78, 5) is 209. The monoisotopic (exact) mass is 1700 g/mol. The fourth-order valence-electron chi connectivity index (χ4n) is 13.1. The van der Waals surface area contributed by atoms with Crippen molar-refractivity contribution in [3.05, 3.63) is 173 Å². The first kappa shape index (κ1) is 94.0. The number of unbranched alkanes of at least 4 members (excludes halogenated alkanes) is 1. The molecule has 37 heteroatoms. The number of carboxylic acids is 1. The Bertz CT molecular complexity index is 4470. The number of amides is 13. The van der Waals surface area contributed by atoms with Crippen molar-refractivity contribution in [2.45, 2.75) is 195 Å². The minimum Gasteiger partial charge on any atom is -0.508 e. The third-order valence-electron chi connectivity index (χ3n) is 20.0. The number of aliphatic hydroxyl groups excluding tert-OH is 2. The lowest BCUT2D eigenvalue weighted by Gasteiger charge is -2.29. The minimum absolute atomic E-state index is 0.0609. The standard InChI is InChI=1S/C83H109N17O18S2/c1-47(2)88-42-53-25-23-52(24-26-53)40-64-79(113)100-71(48(3)102)82(116)96-63(39-50-17-8-5-9-18-50)77(111)90-60-22-14-35-86-70(105)33-36-87-69(104)32-31-61(75(109)95-65(78(112)94-64)41-54-43-89-58-20-11-10-19-56(54)58)92-76(110)62(38-49-15-6-4-7-16-49)93-73(107)59(21-12-13-34-84)91-81(115)67(98-72(106)57(85)37-51-27-29-55(103)30-28-51)45-119-120-46-68(83(117)118)99-80(114)66(44-101)97-74(60)108/h4-11,15-20,23-30,43,47-48,57,59-68,71,88-89,101-103H,12-14,21-22,31-42,44-46,84-85H2,1-3H3,(H,86,105)(H,87,104)(H,90,111)(H,91,115)(H,92,110)(H,93,107)(H,94,112)(H,95,109)(H,96,116)(H,97,108)(H,98,106)(H,99,114)(H,100,113)(H,117,118)/t48-,57+,59+,60+,61+,62+,63+,64+,65-,66+,67+,68+,71-/m1/s1. The van der Waals surface area contributed by atoms with Crippen molar-refractivity contribution >= 4 is 115 Å². The topological polar surface area (TPSA) is 556 Å². The number of carboxylic acid groups (broad SMARTS) is 1. The lowest BCUT2D eigenvalue weighted by Crippen LogP contribution is -2.63. The zero-order chi connectivity index (χ0) is 86.8. The molecule has 0 spiro atoms. The highest BCUT2D eigenvalue weighted by Gasteiger charge is 2.39. The van der Waals surface area contributed by atoms with Gasteiger partial charge >= 0.3 is 5.97 Å². The van der Waals surface area contributed by atoms with Gasteiger partial charge in [0.15, 0.2) is 0 Å². The van der Waals surface area contributed by atoms with Crippen LogP contribution in [0.1, 0.15) is 106 Å². The number of nitrogens with one attached hydrogen (secondary N) is 15. The first-order chi connectivity index (χ1) is 57.5. The van der Waals surface area contributed by atoms with Crippen LogP contribution in [0.3, 0.4) is 0 Å². The van der Waals surface area contributed by atoms with Crippen LogP contribution in [0.4, 0.5) is 0 Å². The number of aromatic hydroxyl groups is 1. The predicted molar refractivity (Wildman–Crippen MR) is 449 cm³/mol. The van der Waals surface area contributed by atoms with E-state index in [0.29, 0.717) is 51.7 Å². The van der Waals surface area contributed by atoms with Crippen LogP contribution in [-0.4, -0.2) is 231 Å². The molecular formula is C83H109N17O18S2. The maximum absolute atomic E-state index is 15.7. The number of para-hydroxylation sites is 1. The zero-order valence-corrected chi connectivity index (χ0v) is 68.6. The number of benzene rings is 5. The highest BCUT2D eigenvalue weighted by Crippen LogP contribution is 2.25. The summed E-state index contributed by atoms with van der Waals surface area (Å²) >= 11 is 0. The molecule has 646 valence electrons. The van der Waals surface area contributed by atoms with Gasteiger partial charge in [0.1, 0.15) is 72.2 Å². The Balaban J connectivity index is 1.26. The molecule has 2 bridgehead atoms. The molecule has 8 rings (SSSR count). The highest BCUT2D eigenvalue weighted by molar-refractivity contribution is 8.76. The second kappa shape index (κ2) is 47.9. The van der Waals surface area contributed by atoms with E-state index < -0.39 is 187 Å². The van der Waals surface area contributed by atoms with E-state index in [1.807, 2.05) is 13.8 Å². The molecule has 35 nitrogen and oxygen atoms in total. The van der Waals surface area contributed by atoms with Crippen LogP contribution in [-0.2, 0) is 106 Å². The molecule has 0 saturated carbocycles. The molecule has 120 heavy (non-hydrogen) atoms. The van der Waals surface area contributed by atoms with Crippen LogP contribution >= 0.6 is 21.6 Å². The van der Waals surface area contributed by atoms with Crippen molar-refractivity contribution in [2.24, 2.45) is 11.5 Å². The van der Waals surface area contributed by atoms with Crippen molar-refractivity contribution in [1.82, 2.24) is 79.4 Å². The Morgan fingerprint density at radius 3 is 1.60 bits per heavy atom. The number of aromatic amines is 1. The third-order valence-corrected chi connectivity index (χ3v) is 22.4. The number of carbonyl (C=O) groups excluding carboxylic acids is 13. The van der Waals surface area contributed by atoms with Crippen LogP contribution in [0.15, 0.2) is 140 Å². The van der Waals surface area contributed by atoms with Gasteiger partial charge in [0.25, 0.3) is 0 Å².